The molecule has 6 heteroatoms. The van der Waals surface area contributed by atoms with E-state index in [1.165, 1.54) is 4.90 Å². The monoisotopic (exact) mass is 443 g/mol. The maximum Gasteiger partial charge on any atom is 0.295 e. The van der Waals surface area contributed by atoms with Gasteiger partial charge in [0.15, 0.2) is 0 Å². The number of carbonyl (C=O) groups is 2. The molecule has 1 atom stereocenters. The average Bonchev–Trinajstić information content (AvgIpc) is 2.94. The van der Waals surface area contributed by atoms with Crippen LogP contribution in [0.4, 0.5) is 0 Å². The van der Waals surface area contributed by atoms with Gasteiger partial charge < -0.3 is 14.7 Å². The number of benzene rings is 2. The average molecular weight is 444 g/mol. The van der Waals surface area contributed by atoms with Crippen LogP contribution in [0.15, 0.2) is 58.6 Å². The molecule has 3 rings (SSSR count). The van der Waals surface area contributed by atoms with Crippen molar-refractivity contribution in [2.45, 2.75) is 19.4 Å². The lowest BCUT2D eigenvalue weighted by Gasteiger charge is -2.25. The van der Waals surface area contributed by atoms with Gasteiger partial charge in [0.1, 0.15) is 5.76 Å². The number of rotatable bonds is 6. The highest BCUT2D eigenvalue weighted by molar-refractivity contribution is 9.10. The van der Waals surface area contributed by atoms with Gasteiger partial charge >= 0.3 is 0 Å². The van der Waals surface area contributed by atoms with Gasteiger partial charge in [-0.3, -0.25) is 9.59 Å². The lowest BCUT2D eigenvalue weighted by Crippen LogP contribution is -2.31. The van der Waals surface area contributed by atoms with E-state index in [0.717, 1.165) is 15.6 Å². The van der Waals surface area contributed by atoms with Crippen LogP contribution in [0.5, 0.6) is 0 Å². The Labute approximate surface area is 172 Å². The van der Waals surface area contributed by atoms with E-state index in [-0.39, 0.29) is 11.3 Å². The second-order valence-electron chi connectivity index (χ2n) is 6.76. The number of likely N-dealkylation sites (tertiary alicyclic amines) is 1. The van der Waals surface area contributed by atoms with Gasteiger partial charge in [-0.15, -0.1) is 0 Å². The third kappa shape index (κ3) is 4.03. The van der Waals surface area contributed by atoms with E-state index in [1.54, 1.807) is 19.2 Å². The number of aliphatic hydroxyl groups is 1. The number of aryl methyl sites for hydroxylation is 1. The summed E-state index contributed by atoms with van der Waals surface area (Å²) in [6, 6.07) is 14.0. The molecule has 1 fully saturated rings. The molecule has 0 spiro atoms. The first kappa shape index (κ1) is 20.3. The molecule has 0 radical (unpaired) electrons. The summed E-state index contributed by atoms with van der Waals surface area (Å²) in [5.41, 5.74) is 2.45. The van der Waals surface area contributed by atoms with E-state index < -0.39 is 17.7 Å². The number of ether oxygens (including phenoxy) is 1. The number of hydrogen-bond donors (Lipinski definition) is 1. The summed E-state index contributed by atoms with van der Waals surface area (Å²) in [5, 5.41) is 10.9. The number of ketones is 1. The van der Waals surface area contributed by atoms with Crippen LogP contribution in [0, 0.1) is 6.92 Å². The lowest BCUT2D eigenvalue weighted by atomic mass is 9.95. The first-order valence-electron chi connectivity index (χ1n) is 9.04. The third-order valence-corrected chi connectivity index (χ3v) is 5.33. The quantitative estimate of drug-likeness (QED) is 0.314. The standard InChI is InChI=1S/C22H22BrNO4/c1-14-4-6-16(7-5-14)20(25)18-19(15-8-10-17(23)11-9-15)24(12-3-13-28-2)22(27)21(18)26/h4-11,19,25H,3,12-13H2,1-2H3. The zero-order valence-electron chi connectivity index (χ0n) is 15.8. The van der Waals surface area contributed by atoms with Crippen LogP contribution in [-0.4, -0.2) is 42.0 Å². The zero-order chi connectivity index (χ0) is 20.3. The van der Waals surface area contributed by atoms with Crippen molar-refractivity contribution >= 4 is 33.4 Å². The van der Waals surface area contributed by atoms with E-state index in [1.807, 2.05) is 43.3 Å². The van der Waals surface area contributed by atoms with Gasteiger partial charge in [-0.05, 0) is 31.0 Å². The fourth-order valence-corrected chi connectivity index (χ4v) is 3.61. The third-order valence-electron chi connectivity index (χ3n) is 4.80. The van der Waals surface area contributed by atoms with Crippen LogP contribution in [-0.2, 0) is 14.3 Å². The number of hydrogen-bond acceptors (Lipinski definition) is 4. The van der Waals surface area contributed by atoms with Crippen molar-refractivity contribution in [3.63, 3.8) is 0 Å². The molecule has 0 aromatic heterocycles. The molecule has 0 saturated carbocycles. The number of methoxy groups -OCH3 is 1. The summed E-state index contributed by atoms with van der Waals surface area (Å²) in [6.45, 7) is 2.79. The van der Waals surface area contributed by atoms with Crippen molar-refractivity contribution < 1.29 is 19.4 Å². The summed E-state index contributed by atoms with van der Waals surface area (Å²) in [6.07, 6.45) is 0.598. The molecule has 2 aromatic carbocycles. The van der Waals surface area contributed by atoms with E-state index in [2.05, 4.69) is 15.9 Å². The van der Waals surface area contributed by atoms with Crippen LogP contribution in [0.25, 0.3) is 5.76 Å². The smallest absolute Gasteiger partial charge is 0.295 e. The number of nitrogens with zero attached hydrogens (tertiary/aromatic N) is 1. The van der Waals surface area contributed by atoms with Gasteiger partial charge in [-0.25, -0.2) is 0 Å². The normalized spacial score (nSPS) is 18.7. The maximum atomic E-state index is 12.8. The highest BCUT2D eigenvalue weighted by Crippen LogP contribution is 2.39. The Morgan fingerprint density at radius 1 is 1.11 bits per heavy atom. The molecular formula is C22H22BrNO4. The minimum absolute atomic E-state index is 0.119. The Hall–Kier alpha value is -2.44. The van der Waals surface area contributed by atoms with Gasteiger partial charge in [0.25, 0.3) is 11.7 Å². The molecule has 28 heavy (non-hydrogen) atoms. The summed E-state index contributed by atoms with van der Waals surface area (Å²) >= 11 is 3.41. The minimum Gasteiger partial charge on any atom is -0.507 e. The molecule has 1 aliphatic heterocycles. The summed E-state index contributed by atoms with van der Waals surface area (Å²) in [7, 11) is 1.59. The Morgan fingerprint density at radius 3 is 2.36 bits per heavy atom. The van der Waals surface area contributed by atoms with Gasteiger partial charge in [0.05, 0.1) is 11.6 Å². The zero-order valence-corrected chi connectivity index (χ0v) is 17.4. The van der Waals surface area contributed by atoms with Crippen LogP contribution in [0.1, 0.15) is 29.2 Å². The second kappa shape index (κ2) is 8.71. The number of carbonyl (C=O) groups excluding carboxylic acids is 2. The summed E-state index contributed by atoms with van der Waals surface area (Å²) in [5.74, 6) is -1.42. The molecule has 5 nitrogen and oxygen atoms in total. The number of aliphatic hydroxyl groups excluding tert-OH is 1. The minimum atomic E-state index is -0.664. The predicted molar refractivity (Wildman–Crippen MR) is 111 cm³/mol. The SMILES string of the molecule is COCCCN1C(=O)C(=O)C(=C(O)c2ccc(C)cc2)C1c1ccc(Br)cc1. The Balaban J connectivity index is 2.10. The van der Waals surface area contributed by atoms with Crippen LogP contribution in [0.2, 0.25) is 0 Å². The first-order valence-corrected chi connectivity index (χ1v) is 9.83. The molecule has 1 aliphatic rings. The second-order valence-corrected chi connectivity index (χ2v) is 7.67. The van der Waals surface area contributed by atoms with E-state index in [4.69, 9.17) is 4.74 Å². The molecule has 0 aliphatic carbocycles. The van der Waals surface area contributed by atoms with E-state index in [0.29, 0.717) is 25.1 Å². The Kier molecular flexibility index (Phi) is 6.31. The number of Topliss-reactive ketones (excluding diaryl/α,β-unsaturated/α-hetero) is 1. The van der Waals surface area contributed by atoms with Crippen molar-refractivity contribution in [1.82, 2.24) is 4.90 Å². The van der Waals surface area contributed by atoms with E-state index >= 15 is 0 Å². The Morgan fingerprint density at radius 2 is 1.75 bits per heavy atom. The summed E-state index contributed by atoms with van der Waals surface area (Å²) in [4.78, 5) is 27.1. The van der Waals surface area contributed by atoms with Crippen LogP contribution < -0.4 is 0 Å². The van der Waals surface area contributed by atoms with Crippen molar-refractivity contribution in [2.75, 3.05) is 20.3 Å². The molecule has 1 N–H and O–H groups in total. The van der Waals surface area contributed by atoms with Crippen LogP contribution >= 0.6 is 15.9 Å². The fourth-order valence-electron chi connectivity index (χ4n) is 3.35. The van der Waals surface area contributed by atoms with Crippen molar-refractivity contribution in [1.29, 1.82) is 0 Å². The maximum absolute atomic E-state index is 12.8. The molecule has 1 amide bonds. The highest BCUT2D eigenvalue weighted by atomic mass is 79.9. The lowest BCUT2D eigenvalue weighted by molar-refractivity contribution is -0.140. The first-order chi connectivity index (χ1) is 13.4. The van der Waals surface area contributed by atoms with Crippen molar-refractivity contribution in [2.24, 2.45) is 0 Å². The molecule has 146 valence electrons. The Bertz CT molecular complexity index is 903. The molecule has 1 heterocycles. The summed E-state index contributed by atoms with van der Waals surface area (Å²) < 4.78 is 5.98. The van der Waals surface area contributed by atoms with Gasteiger partial charge in [-0.2, -0.15) is 0 Å². The molecule has 0 bridgehead atoms. The van der Waals surface area contributed by atoms with Gasteiger partial charge in [-0.1, -0.05) is 57.9 Å². The molecule has 1 unspecified atom stereocenters. The van der Waals surface area contributed by atoms with Crippen molar-refractivity contribution in [3.8, 4) is 0 Å². The highest BCUT2D eigenvalue weighted by Gasteiger charge is 2.45. The largest absolute Gasteiger partial charge is 0.507 e. The topological polar surface area (TPSA) is 66.8 Å². The van der Waals surface area contributed by atoms with E-state index in [9.17, 15) is 14.7 Å². The molecular weight excluding hydrogens is 422 g/mol. The number of amides is 1. The van der Waals surface area contributed by atoms with Gasteiger partial charge in [0.2, 0.25) is 0 Å². The predicted octanol–water partition coefficient (Wildman–Crippen LogP) is 4.22. The molecule has 2 aromatic rings. The number of halogens is 1. The molecule has 1 saturated heterocycles. The van der Waals surface area contributed by atoms with Crippen molar-refractivity contribution in [3.05, 3.63) is 75.3 Å². The van der Waals surface area contributed by atoms with Gasteiger partial charge in [0, 0.05) is 30.3 Å². The van der Waals surface area contributed by atoms with Crippen LogP contribution in [0.3, 0.4) is 0 Å². The fraction of sp³-hybridized carbons (Fsp3) is 0.273.